The summed E-state index contributed by atoms with van der Waals surface area (Å²) < 4.78 is 5.49. The standard InChI is InChI=1S/C20H23NO4/c1-2-17-16(20(23)24)13-18(25-17)19(22)21-10-8-15(9-11-21)12-14-6-4-3-5-7-14/h3-7,13,15H,2,8-12H2,1H3,(H,23,24). The molecule has 0 bridgehead atoms. The van der Waals surface area contributed by atoms with Crippen molar-refractivity contribution >= 4 is 11.9 Å². The molecule has 2 aromatic rings. The number of hydrogen-bond donors (Lipinski definition) is 1. The summed E-state index contributed by atoms with van der Waals surface area (Å²) in [5.74, 6) is -0.198. The molecule has 0 unspecified atom stereocenters. The van der Waals surface area contributed by atoms with E-state index in [-0.39, 0.29) is 17.2 Å². The van der Waals surface area contributed by atoms with Gasteiger partial charge in [-0.25, -0.2) is 4.79 Å². The molecule has 1 aliphatic heterocycles. The molecule has 1 fully saturated rings. The van der Waals surface area contributed by atoms with Crippen LogP contribution in [0.25, 0.3) is 0 Å². The van der Waals surface area contributed by atoms with Crippen LogP contribution >= 0.6 is 0 Å². The predicted octanol–water partition coefficient (Wildman–Crippen LogP) is 3.64. The monoisotopic (exact) mass is 341 g/mol. The number of carbonyl (C=O) groups excluding carboxylic acids is 1. The van der Waals surface area contributed by atoms with Gasteiger partial charge in [0.2, 0.25) is 0 Å². The molecule has 1 aliphatic rings. The Labute approximate surface area is 147 Å². The molecule has 1 amide bonds. The van der Waals surface area contributed by atoms with Gasteiger partial charge in [-0.3, -0.25) is 4.79 Å². The fourth-order valence-electron chi connectivity index (χ4n) is 3.42. The highest BCUT2D eigenvalue weighted by Gasteiger charge is 2.27. The van der Waals surface area contributed by atoms with Crippen LogP contribution in [-0.2, 0) is 12.8 Å². The van der Waals surface area contributed by atoms with Crippen molar-refractivity contribution < 1.29 is 19.1 Å². The zero-order valence-electron chi connectivity index (χ0n) is 14.4. The molecule has 1 aromatic heterocycles. The van der Waals surface area contributed by atoms with Gasteiger partial charge in [0.1, 0.15) is 11.3 Å². The first-order valence-corrected chi connectivity index (χ1v) is 8.77. The number of aryl methyl sites for hydroxylation is 1. The highest BCUT2D eigenvalue weighted by Crippen LogP contribution is 2.24. The molecule has 5 nitrogen and oxygen atoms in total. The first-order chi connectivity index (χ1) is 12.1. The number of amides is 1. The van der Waals surface area contributed by atoms with Gasteiger partial charge >= 0.3 is 5.97 Å². The first-order valence-electron chi connectivity index (χ1n) is 8.77. The summed E-state index contributed by atoms with van der Waals surface area (Å²) in [6.45, 7) is 3.18. The van der Waals surface area contributed by atoms with E-state index in [4.69, 9.17) is 4.42 Å². The van der Waals surface area contributed by atoms with Crippen LogP contribution in [0.15, 0.2) is 40.8 Å². The van der Waals surface area contributed by atoms with Gasteiger partial charge in [0.05, 0.1) is 0 Å². The highest BCUT2D eigenvalue weighted by atomic mass is 16.4. The lowest BCUT2D eigenvalue weighted by atomic mass is 9.90. The second-order valence-electron chi connectivity index (χ2n) is 6.53. The third kappa shape index (κ3) is 3.92. The number of likely N-dealkylation sites (tertiary alicyclic amines) is 1. The van der Waals surface area contributed by atoms with Crippen LogP contribution in [-0.4, -0.2) is 35.0 Å². The molecule has 0 saturated carbocycles. The molecule has 2 heterocycles. The van der Waals surface area contributed by atoms with Crippen molar-refractivity contribution in [3.63, 3.8) is 0 Å². The molecular weight excluding hydrogens is 318 g/mol. The van der Waals surface area contributed by atoms with Gasteiger partial charge in [0.25, 0.3) is 5.91 Å². The summed E-state index contributed by atoms with van der Waals surface area (Å²) in [6, 6.07) is 11.8. The van der Waals surface area contributed by atoms with Gasteiger partial charge in [-0.1, -0.05) is 37.3 Å². The van der Waals surface area contributed by atoms with Crippen LogP contribution in [0.5, 0.6) is 0 Å². The van der Waals surface area contributed by atoms with E-state index in [1.54, 1.807) is 4.90 Å². The van der Waals surface area contributed by atoms with Gasteiger partial charge < -0.3 is 14.4 Å². The van der Waals surface area contributed by atoms with Gasteiger partial charge in [-0.05, 0) is 30.7 Å². The third-order valence-corrected chi connectivity index (χ3v) is 4.84. The Morgan fingerprint density at radius 1 is 1.20 bits per heavy atom. The Morgan fingerprint density at radius 2 is 1.88 bits per heavy atom. The molecule has 132 valence electrons. The van der Waals surface area contributed by atoms with E-state index in [2.05, 4.69) is 24.3 Å². The average molecular weight is 341 g/mol. The normalized spacial score (nSPS) is 15.3. The van der Waals surface area contributed by atoms with E-state index >= 15 is 0 Å². The summed E-state index contributed by atoms with van der Waals surface area (Å²) in [6.07, 6.45) is 3.39. The molecule has 1 aromatic carbocycles. The molecule has 1 saturated heterocycles. The van der Waals surface area contributed by atoms with Crippen molar-refractivity contribution in [2.75, 3.05) is 13.1 Å². The lowest BCUT2D eigenvalue weighted by Crippen LogP contribution is -2.38. The lowest BCUT2D eigenvalue weighted by Gasteiger charge is -2.31. The number of carboxylic acids is 1. The molecule has 0 radical (unpaired) electrons. The zero-order chi connectivity index (χ0) is 17.8. The lowest BCUT2D eigenvalue weighted by molar-refractivity contribution is 0.0654. The van der Waals surface area contributed by atoms with Crippen LogP contribution in [0.1, 0.15) is 52.0 Å². The van der Waals surface area contributed by atoms with Crippen molar-refractivity contribution in [1.29, 1.82) is 0 Å². The molecule has 5 heteroatoms. The largest absolute Gasteiger partial charge is 0.478 e. The number of carbonyl (C=O) groups is 2. The van der Waals surface area contributed by atoms with Crippen LogP contribution in [0.2, 0.25) is 0 Å². The van der Waals surface area contributed by atoms with E-state index in [1.807, 2.05) is 13.0 Å². The number of rotatable bonds is 5. The number of nitrogens with zero attached hydrogens (tertiary/aromatic N) is 1. The predicted molar refractivity (Wildman–Crippen MR) is 93.8 cm³/mol. The second kappa shape index (κ2) is 7.55. The van der Waals surface area contributed by atoms with Crippen molar-refractivity contribution in [2.45, 2.75) is 32.6 Å². The molecule has 0 spiro atoms. The summed E-state index contributed by atoms with van der Waals surface area (Å²) in [7, 11) is 0. The molecule has 0 aliphatic carbocycles. The number of benzene rings is 1. The molecular formula is C20H23NO4. The zero-order valence-corrected chi connectivity index (χ0v) is 14.4. The Kier molecular flexibility index (Phi) is 5.22. The topological polar surface area (TPSA) is 70.8 Å². The smallest absolute Gasteiger partial charge is 0.339 e. The van der Waals surface area contributed by atoms with Crippen LogP contribution in [0.3, 0.4) is 0 Å². The second-order valence-corrected chi connectivity index (χ2v) is 6.53. The van der Waals surface area contributed by atoms with Gasteiger partial charge in [0.15, 0.2) is 5.76 Å². The van der Waals surface area contributed by atoms with E-state index in [1.165, 1.54) is 11.6 Å². The molecule has 3 rings (SSSR count). The molecule has 0 atom stereocenters. The third-order valence-electron chi connectivity index (χ3n) is 4.84. The van der Waals surface area contributed by atoms with Gasteiger partial charge in [0, 0.05) is 25.6 Å². The SMILES string of the molecule is CCc1oc(C(=O)N2CCC(Cc3ccccc3)CC2)cc1C(=O)O. The van der Waals surface area contributed by atoms with E-state index in [9.17, 15) is 14.7 Å². The van der Waals surface area contributed by atoms with Crippen molar-refractivity contribution in [1.82, 2.24) is 4.90 Å². The van der Waals surface area contributed by atoms with E-state index in [0.717, 1.165) is 19.3 Å². The average Bonchev–Trinajstić information content (AvgIpc) is 3.07. The van der Waals surface area contributed by atoms with Gasteiger partial charge in [-0.15, -0.1) is 0 Å². The first kappa shape index (κ1) is 17.3. The summed E-state index contributed by atoms with van der Waals surface area (Å²) in [5, 5.41) is 9.19. The Bertz CT molecular complexity index is 742. The minimum Gasteiger partial charge on any atom is -0.478 e. The number of piperidine rings is 1. The minimum atomic E-state index is -1.05. The Balaban J connectivity index is 1.61. The number of hydrogen-bond acceptors (Lipinski definition) is 3. The van der Waals surface area contributed by atoms with Crippen molar-refractivity contribution in [3.8, 4) is 0 Å². The molecule has 1 N–H and O–H groups in total. The van der Waals surface area contributed by atoms with Crippen molar-refractivity contribution in [3.05, 3.63) is 59.0 Å². The minimum absolute atomic E-state index is 0.0878. The van der Waals surface area contributed by atoms with E-state index < -0.39 is 5.97 Å². The fourth-order valence-corrected chi connectivity index (χ4v) is 3.42. The quantitative estimate of drug-likeness (QED) is 0.901. The van der Waals surface area contributed by atoms with Crippen LogP contribution < -0.4 is 0 Å². The van der Waals surface area contributed by atoms with Gasteiger partial charge in [-0.2, -0.15) is 0 Å². The van der Waals surface area contributed by atoms with E-state index in [0.29, 0.717) is 31.2 Å². The van der Waals surface area contributed by atoms with Crippen molar-refractivity contribution in [2.24, 2.45) is 5.92 Å². The maximum Gasteiger partial charge on any atom is 0.339 e. The maximum atomic E-state index is 12.6. The van der Waals surface area contributed by atoms with Crippen LogP contribution in [0, 0.1) is 5.92 Å². The highest BCUT2D eigenvalue weighted by molar-refractivity contribution is 5.96. The molecule has 25 heavy (non-hydrogen) atoms. The summed E-state index contributed by atoms with van der Waals surface area (Å²) >= 11 is 0. The number of furan rings is 1. The number of carboxylic acid groups (broad SMARTS) is 1. The summed E-state index contributed by atoms with van der Waals surface area (Å²) in [4.78, 5) is 25.6. The maximum absolute atomic E-state index is 12.6. The van der Waals surface area contributed by atoms with Crippen LogP contribution in [0.4, 0.5) is 0 Å². The Hall–Kier alpha value is -2.56. The Morgan fingerprint density at radius 3 is 2.44 bits per heavy atom. The number of aromatic carboxylic acids is 1. The summed E-state index contributed by atoms with van der Waals surface area (Å²) in [5.41, 5.74) is 1.42. The fraction of sp³-hybridized carbons (Fsp3) is 0.400.